The first-order chi connectivity index (χ1) is 16.2. The minimum atomic E-state index is -1.38. The zero-order valence-electron chi connectivity index (χ0n) is 17.9. The van der Waals surface area contributed by atoms with Gasteiger partial charge in [-0.3, -0.25) is 14.4 Å². The van der Waals surface area contributed by atoms with Crippen LogP contribution >= 0.6 is 11.6 Å². The number of carbonyl (C=O) groups is 3. The van der Waals surface area contributed by atoms with E-state index in [0.29, 0.717) is 0 Å². The van der Waals surface area contributed by atoms with Crippen LogP contribution in [0.3, 0.4) is 0 Å². The molecule has 4 unspecified atom stereocenters. The Kier molecular flexibility index (Phi) is 6.70. The van der Waals surface area contributed by atoms with Crippen molar-refractivity contribution < 1.29 is 29.0 Å². The summed E-state index contributed by atoms with van der Waals surface area (Å²) in [5, 5.41) is 23.1. The molecule has 1 aliphatic carbocycles. The normalized spacial score (nSPS) is 24.1. The summed E-state index contributed by atoms with van der Waals surface area (Å²) in [5.41, 5.74) is 7.55. The summed E-state index contributed by atoms with van der Waals surface area (Å²) in [7, 11) is 0. The third-order valence-electron chi connectivity index (χ3n) is 6.16. The molecule has 1 heterocycles. The standard InChI is InChI=1S/C24H23ClFN3O5/c25-16-7-13(5-6-17(16)26)23(33)28-18-8-15(10-20(30)21(18)31)24(34)29-11-14-4-2-1-3-12(14)9-19(29)22(27)32/h1-8,18-21,30-31H,9-11H2,(H2,27,32)(H,28,33). The fourth-order valence-corrected chi connectivity index (χ4v) is 4.48. The second kappa shape index (κ2) is 9.54. The molecular formula is C24H23ClFN3O5. The quantitative estimate of drug-likeness (QED) is 0.512. The number of halogens is 2. The number of hydrogen-bond donors (Lipinski definition) is 4. The van der Waals surface area contributed by atoms with Crippen molar-refractivity contribution in [3.05, 3.63) is 81.6 Å². The van der Waals surface area contributed by atoms with Crippen LogP contribution < -0.4 is 11.1 Å². The predicted molar refractivity (Wildman–Crippen MR) is 121 cm³/mol. The monoisotopic (exact) mass is 487 g/mol. The van der Waals surface area contributed by atoms with Gasteiger partial charge < -0.3 is 26.2 Å². The molecule has 0 bridgehead atoms. The van der Waals surface area contributed by atoms with Gasteiger partial charge in [-0.05, 0) is 29.3 Å². The van der Waals surface area contributed by atoms with E-state index in [-0.39, 0.29) is 35.5 Å². The van der Waals surface area contributed by atoms with Crippen LogP contribution in [-0.4, -0.2) is 57.1 Å². The number of nitrogens with two attached hydrogens (primary N) is 1. The number of benzene rings is 2. The van der Waals surface area contributed by atoms with E-state index in [1.54, 1.807) is 0 Å². The van der Waals surface area contributed by atoms with Gasteiger partial charge in [0.05, 0.1) is 17.2 Å². The molecule has 0 radical (unpaired) electrons. The van der Waals surface area contributed by atoms with Crippen LogP contribution in [0.1, 0.15) is 27.9 Å². The lowest BCUT2D eigenvalue weighted by molar-refractivity contribution is -0.138. The number of nitrogens with zero attached hydrogens (tertiary/aromatic N) is 1. The largest absolute Gasteiger partial charge is 0.390 e. The zero-order valence-corrected chi connectivity index (χ0v) is 18.7. The Balaban J connectivity index is 1.59. The van der Waals surface area contributed by atoms with Crippen molar-refractivity contribution in [1.82, 2.24) is 10.2 Å². The minimum absolute atomic E-state index is 0.0429. The molecule has 0 saturated heterocycles. The molecule has 1 aliphatic heterocycles. The molecule has 10 heteroatoms. The lowest BCUT2D eigenvalue weighted by Gasteiger charge is -2.38. The minimum Gasteiger partial charge on any atom is -0.390 e. The van der Waals surface area contributed by atoms with Crippen LogP contribution in [0.15, 0.2) is 54.1 Å². The van der Waals surface area contributed by atoms with Crippen LogP contribution in [0.25, 0.3) is 0 Å². The average molecular weight is 488 g/mol. The third kappa shape index (κ3) is 4.68. The summed E-state index contributed by atoms with van der Waals surface area (Å²) in [4.78, 5) is 39.5. The smallest absolute Gasteiger partial charge is 0.251 e. The van der Waals surface area contributed by atoms with E-state index >= 15 is 0 Å². The maximum atomic E-state index is 13.4. The summed E-state index contributed by atoms with van der Waals surface area (Å²) in [5.74, 6) is -2.54. The Morgan fingerprint density at radius 1 is 1.09 bits per heavy atom. The van der Waals surface area contributed by atoms with Gasteiger partial charge in [-0.1, -0.05) is 41.9 Å². The first-order valence-electron chi connectivity index (χ1n) is 10.7. The maximum Gasteiger partial charge on any atom is 0.251 e. The molecule has 2 aromatic carbocycles. The number of hydrogen-bond acceptors (Lipinski definition) is 5. The fraction of sp³-hybridized carbons (Fsp3) is 0.292. The number of rotatable bonds is 4. The SMILES string of the molecule is NC(=O)C1Cc2ccccc2CN1C(=O)C1=CC(NC(=O)c2ccc(F)c(Cl)c2)C(O)C(O)C1. The van der Waals surface area contributed by atoms with Crippen LogP contribution in [0.5, 0.6) is 0 Å². The first kappa shape index (κ1) is 23.9. The molecule has 178 valence electrons. The average Bonchev–Trinajstić information content (AvgIpc) is 2.82. The van der Waals surface area contributed by atoms with Crippen molar-refractivity contribution >= 4 is 29.3 Å². The van der Waals surface area contributed by atoms with Crippen LogP contribution in [0.4, 0.5) is 4.39 Å². The van der Waals surface area contributed by atoms with E-state index in [1.807, 2.05) is 24.3 Å². The van der Waals surface area contributed by atoms with E-state index in [9.17, 15) is 29.0 Å². The molecule has 8 nitrogen and oxygen atoms in total. The molecule has 4 atom stereocenters. The number of primary amides is 1. The van der Waals surface area contributed by atoms with Gasteiger partial charge in [-0.15, -0.1) is 0 Å². The summed E-state index contributed by atoms with van der Waals surface area (Å²) in [6, 6.07) is 8.82. The third-order valence-corrected chi connectivity index (χ3v) is 6.45. The molecule has 2 aromatic rings. The molecule has 3 amide bonds. The maximum absolute atomic E-state index is 13.4. The van der Waals surface area contributed by atoms with Crippen molar-refractivity contribution in [3.63, 3.8) is 0 Å². The summed E-state index contributed by atoms with van der Waals surface area (Å²) in [6.07, 6.45) is -1.26. The summed E-state index contributed by atoms with van der Waals surface area (Å²) in [6.45, 7) is 0.156. The Morgan fingerprint density at radius 2 is 1.79 bits per heavy atom. The molecule has 0 aromatic heterocycles. The highest BCUT2D eigenvalue weighted by molar-refractivity contribution is 6.31. The van der Waals surface area contributed by atoms with Crippen molar-refractivity contribution in [2.45, 2.75) is 43.7 Å². The Bertz CT molecular complexity index is 1190. The second-order valence-electron chi connectivity index (χ2n) is 8.41. The van der Waals surface area contributed by atoms with Gasteiger partial charge in [0.25, 0.3) is 11.8 Å². The number of fused-ring (bicyclic) bond motifs is 1. The van der Waals surface area contributed by atoms with Gasteiger partial charge in [0, 0.05) is 30.5 Å². The van der Waals surface area contributed by atoms with E-state index in [2.05, 4.69) is 5.32 Å². The molecule has 2 aliphatic rings. The molecule has 0 saturated carbocycles. The highest BCUT2D eigenvalue weighted by Crippen LogP contribution is 2.28. The van der Waals surface area contributed by atoms with E-state index < -0.39 is 47.8 Å². The highest BCUT2D eigenvalue weighted by atomic mass is 35.5. The fourth-order valence-electron chi connectivity index (χ4n) is 4.30. The lowest BCUT2D eigenvalue weighted by atomic mass is 9.87. The summed E-state index contributed by atoms with van der Waals surface area (Å²) >= 11 is 5.73. The Labute approximate surface area is 199 Å². The van der Waals surface area contributed by atoms with Crippen LogP contribution in [-0.2, 0) is 22.6 Å². The van der Waals surface area contributed by atoms with Gasteiger partial charge in [-0.25, -0.2) is 4.39 Å². The molecule has 0 spiro atoms. The second-order valence-corrected chi connectivity index (χ2v) is 8.81. The van der Waals surface area contributed by atoms with Crippen molar-refractivity contribution in [2.75, 3.05) is 0 Å². The Morgan fingerprint density at radius 3 is 2.47 bits per heavy atom. The van der Waals surface area contributed by atoms with Crippen molar-refractivity contribution in [2.24, 2.45) is 5.73 Å². The molecule has 34 heavy (non-hydrogen) atoms. The number of aliphatic hydroxyl groups excluding tert-OH is 2. The number of aliphatic hydroxyl groups is 2. The highest BCUT2D eigenvalue weighted by Gasteiger charge is 2.39. The van der Waals surface area contributed by atoms with Gasteiger partial charge >= 0.3 is 0 Å². The molecule has 4 rings (SSSR count). The Hall–Kier alpha value is -3.27. The number of carbonyl (C=O) groups excluding carboxylic acids is 3. The van der Waals surface area contributed by atoms with Crippen molar-refractivity contribution in [3.8, 4) is 0 Å². The van der Waals surface area contributed by atoms with Gasteiger partial charge in [0.2, 0.25) is 5.91 Å². The zero-order chi connectivity index (χ0) is 24.6. The molecule has 0 fully saturated rings. The molecule has 5 N–H and O–H groups in total. The van der Waals surface area contributed by atoms with Crippen molar-refractivity contribution in [1.29, 1.82) is 0 Å². The predicted octanol–water partition coefficient (Wildman–Crippen LogP) is 1.07. The van der Waals surface area contributed by atoms with Gasteiger partial charge in [0.1, 0.15) is 18.0 Å². The topological polar surface area (TPSA) is 133 Å². The summed E-state index contributed by atoms with van der Waals surface area (Å²) < 4.78 is 13.4. The van der Waals surface area contributed by atoms with Gasteiger partial charge in [0.15, 0.2) is 0 Å². The van der Waals surface area contributed by atoms with Gasteiger partial charge in [-0.2, -0.15) is 0 Å². The van der Waals surface area contributed by atoms with Crippen LogP contribution in [0, 0.1) is 5.82 Å². The van der Waals surface area contributed by atoms with E-state index in [4.69, 9.17) is 17.3 Å². The van der Waals surface area contributed by atoms with E-state index in [1.165, 1.54) is 17.0 Å². The van der Waals surface area contributed by atoms with E-state index in [0.717, 1.165) is 23.3 Å². The first-order valence-corrected chi connectivity index (χ1v) is 11.0. The lowest BCUT2D eigenvalue weighted by Crippen LogP contribution is -2.54. The molecular weight excluding hydrogens is 465 g/mol. The van der Waals surface area contributed by atoms with Crippen LogP contribution in [0.2, 0.25) is 5.02 Å². The number of amides is 3. The number of nitrogens with one attached hydrogen (secondary N) is 1.